The van der Waals surface area contributed by atoms with Gasteiger partial charge in [-0.2, -0.15) is 0 Å². The van der Waals surface area contributed by atoms with E-state index in [1.165, 1.54) is 26.4 Å². The molecule has 3 nitrogen and oxygen atoms in total. The molecular weight excluding hydrogens is 266 g/mol. The molecule has 0 saturated carbocycles. The van der Waals surface area contributed by atoms with Gasteiger partial charge in [-0.1, -0.05) is 0 Å². The van der Waals surface area contributed by atoms with Crippen LogP contribution in [0.3, 0.4) is 0 Å². The van der Waals surface area contributed by atoms with Crippen LogP contribution < -0.4 is 9.47 Å². The second-order valence-corrected chi connectivity index (χ2v) is 4.04. The van der Waals surface area contributed by atoms with Crippen LogP contribution >= 0.6 is 0 Å². The van der Waals surface area contributed by atoms with Crippen LogP contribution in [-0.2, 0) is 0 Å². The van der Waals surface area contributed by atoms with Crippen LogP contribution in [-0.4, -0.2) is 20.5 Å². The zero-order valence-electron chi connectivity index (χ0n) is 10.9. The molecule has 0 saturated heterocycles. The SMILES string of the molecule is COc1cc(-c2cc(F)ccc2F)cc(C=O)c1OC. The Morgan fingerprint density at radius 3 is 2.40 bits per heavy atom. The average molecular weight is 278 g/mol. The van der Waals surface area contributed by atoms with Gasteiger partial charge in [-0.25, -0.2) is 8.78 Å². The Bertz CT molecular complexity index is 654. The Kier molecular flexibility index (Phi) is 3.98. The minimum absolute atomic E-state index is 0.0500. The summed E-state index contributed by atoms with van der Waals surface area (Å²) in [5.41, 5.74) is 0.585. The lowest BCUT2D eigenvalue weighted by Gasteiger charge is -2.12. The van der Waals surface area contributed by atoms with E-state index in [0.29, 0.717) is 11.8 Å². The van der Waals surface area contributed by atoms with E-state index in [4.69, 9.17) is 9.47 Å². The smallest absolute Gasteiger partial charge is 0.171 e. The molecule has 0 radical (unpaired) electrons. The molecule has 0 aliphatic carbocycles. The molecule has 0 aliphatic rings. The molecule has 0 unspecified atom stereocenters. The molecule has 2 rings (SSSR count). The van der Waals surface area contributed by atoms with E-state index in [1.807, 2.05) is 0 Å². The number of methoxy groups -OCH3 is 2. The van der Waals surface area contributed by atoms with Gasteiger partial charge in [0, 0.05) is 5.56 Å². The Balaban J connectivity index is 2.69. The molecule has 0 fully saturated rings. The first-order chi connectivity index (χ1) is 9.60. The fraction of sp³-hybridized carbons (Fsp3) is 0.133. The van der Waals surface area contributed by atoms with Gasteiger partial charge in [-0.3, -0.25) is 4.79 Å². The maximum Gasteiger partial charge on any atom is 0.171 e. The molecule has 2 aromatic rings. The average Bonchev–Trinajstić information content (AvgIpc) is 2.48. The van der Waals surface area contributed by atoms with Gasteiger partial charge in [0.25, 0.3) is 0 Å². The third-order valence-corrected chi connectivity index (χ3v) is 2.87. The summed E-state index contributed by atoms with van der Waals surface area (Å²) in [4.78, 5) is 11.1. The molecule has 0 amide bonds. The lowest BCUT2D eigenvalue weighted by molar-refractivity contribution is 0.112. The first kappa shape index (κ1) is 14.0. The minimum atomic E-state index is -0.588. The lowest BCUT2D eigenvalue weighted by Crippen LogP contribution is -1.97. The van der Waals surface area contributed by atoms with Crippen molar-refractivity contribution in [2.45, 2.75) is 0 Å². The molecule has 20 heavy (non-hydrogen) atoms. The number of carbonyl (C=O) groups excluding carboxylic acids is 1. The van der Waals surface area contributed by atoms with Gasteiger partial charge in [-0.15, -0.1) is 0 Å². The Hall–Kier alpha value is -2.43. The maximum absolute atomic E-state index is 13.8. The van der Waals surface area contributed by atoms with Crippen molar-refractivity contribution in [2.24, 2.45) is 0 Å². The van der Waals surface area contributed by atoms with Crippen LogP contribution in [0.15, 0.2) is 30.3 Å². The van der Waals surface area contributed by atoms with Crippen LogP contribution in [0.25, 0.3) is 11.1 Å². The van der Waals surface area contributed by atoms with E-state index >= 15 is 0 Å². The van der Waals surface area contributed by atoms with E-state index in [0.717, 1.165) is 18.2 Å². The molecule has 0 atom stereocenters. The van der Waals surface area contributed by atoms with Crippen molar-refractivity contribution < 1.29 is 23.0 Å². The molecule has 2 aromatic carbocycles. The van der Waals surface area contributed by atoms with Crippen molar-refractivity contribution in [2.75, 3.05) is 14.2 Å². The highest BCUT2D eigenvalue weighted by molar-refractivity contribution is 5.85. The summed E-state index contributed by atoms with van der Waals surface area (Å²) >= 11 is 0. The zero-order chi connectivity index (χ0) is 14.7. The first-order valence-electron chi connectivity index (χ1n) is 5.77. The van der Waals surface area contributed by atoms with E-state index < -0.39 is 11.6 Å². The van der Waals surface area contributed by atoms with E-state index in [-0.39, 0.29) is 22.6 Å². The summed E-state index contributed by atoms with van der Waals surface area (Å²) in [5, 5.41) is 0. The second-order valence-electron chi connectivity index (χ2n) is 4.04. The van der Waals surface area contributed by atoms with Crippen molar-refractivity contribution in [3.05, 3.63) is 47.5 Å². The standard InChI is InChI=1S/C15H12F2O3/c1-19-14-6-9(5-10(8-18)15(14)20-2)12-7-11(16)3-4-13(12)17/h3-8H,1-2H3. The highest BCUT2D eigenvalue weighted by atomic mass is 19.1. The number of aldehydes is 1. The number of rotatable bonds is 4. The third-order valence-electron chi connectivity index (χ3n) is 2.87. The summed E-state index contributed by atoms with van der Waals surface area (Å²) in [6.07, 6.45) is 0.571. The predicted molar refractivity (Wildman–Crippen MR) is 70.3 cm³/mol. The van der Waals surface area contributed by atoms with Crippen LogP contribution in [0, 0.1) is 11.6 Å². The van der Waals surface area contributed by atoms with Crippen LogP contribution in [0.1, 0.15) is 10.4 Å². The number of benzene rings is 2. The van der Waals surface area contributed by atoms with E-state index in [1.54, 1.807) is 0 Å². The van der Waals surface area contributed by atoms with Gasteiger partial charge in [0.2, 0.25) is 0 Å². The van der Waals surface area contributed by atoms with Crippen LogP contribution in [0.2, 0.25) is 0 Å². The summed E-state index contributed by atoms with van der Waals surface area (Å²) in [5.74, 6) is -0.627. The normalized spacial score (nSPS) is 10.2. The molecule has 0 bridgehead atoms. The first-order valence-corrected chi connectivity index (χ1v) is 5.77. The Morgan fingerprint density at radius 1 is 1.05 bits per heavy atom. The van der Waals surface area contributed by atoms with Crippen molar-refractivity contribution in [3.8, 4) is 22.6 Å². The largest absolute Gasteiger partial charge is 0.493 e. The zero-order valence-corrected chi connectivity index (χ0v) is 10.9. The molecule has 0 aromatic heterocycles. The lowest BCUT2D eigenvalue weighted by atomic mass is 10.0. The van der Waals surface area contributed by atoms with Gasteiger partial charge >= 0.3 is 0 Å². The summed E-state index contributed by atoms with van der Waals surface area (Å²) in [6, 6.07) is 6.03. The maximum atomic E-state index is 13.8. The number of halogens is 2. The van der Waals surface area contributed by atoms with Gasteiger partial charge < -0.3 is 9.47 Å². The Labute approximate surface area is 114 Å². The minimum Gasteiger partial charge on any atom is -0.493 e. The molecule has 0 N–H and O–H groups in total. The Morgan fingerprint density at radius 2 is 1.80 bits per heavy atom. The molecule has 0 aliphatic heterocycles. The molecule has 0 spiro atoms. The summed E-state index contributed by atoms with van der Waals surface area (Å²) in [7, 11) is 2.80. The molecule has 5 heteroatoms. The fourth-order valence-electron chi connectivity index (χ4n) is 1.96. The number of carbonyl (C=O) groups is 1. The van der Waals surface area contributed by atoms with Gasteiger partial charge in [0.15, 0.2) is 17.8 Å². The second kappa shape index (κ2) is 5.69. The highest BCUT2D eigenvalue weighted by Crippen LogP contribution is 2.36. The summed E-state index contributed by atoms with van der Waals surface area (Å²) in [6.45, 7) is 0. The fourth-order valence-corrected chi connectivity index (χ4v) is 1.96. The van der Waals surface area contributed by atoms with Gasteiger partial charge in [-0.05, 0) is 35.9 Å². The quantitative estimate of drug-likeness (QED) is 0.803. The van der Waals surface area contributed by atoms with Crippen molar-refractivity contribution in [1.29, 1.82) is 0 Å². The van der Waals surface area contributed by atoms with Crippen LogP contribution in [0.4, 0.5) is 8.78 Å². The molecule has 104 valence electrons. The van der Waals surface area contributed by atoms with E-state index in [9.17, 15) is 13.6 Å². The third kappa shape index (κ3) is 2.47. The monoisotopic (exact) mass is 278 g/mol. The topological polar surface area (TPSA) is 35.5 Å². The van der Waals surface area contributed by atoms with Crippen molar-refractivity contribution in [1.82, 2.24) is 0 Å². The molecular formula is C15H12F2O3. The predicted octanol–water partition coefficient (Wildman–Crippen LogP) is 3.46. The number of ether oxygens (including phenoxy) is 2. The van der Waals surface area contributed by atoms with Gasteiger partial charge in [0.05, 0.1) is 19.8 Å². The highest BCUT2D eigenvalue weighted by Gasteiger charge is 2.15. The molecule has 0 heterocycles. The summed E-state index contributed by atoms with van der Waals surface area (Å²) < 4.78 is 37.2. The van der Waals surface area contributed by atoms with Crippen molar-refractivity contribution in [3.63, 3.8) is 0 Å². The van der Waals surface area contributed by atoms with Gasteiger partial charge in [0.1, 0.15) is 11.6 Å². The van der Waals surface area contributed by atoms with E-state index in [2.05, 4.69) is 0 Å². The number of hydrogen-bond acceptors (Lipinski definition) is 3. The van der Waals surface area contributed by atoms with Crippen LogP contribution in [0.5, 0.6) is 11.5 Å². The number of hydrogen-bond donors (Lipinski definition) is 0. The van der Waals surface area contributed by atoms with Crippen molar-refractivity contribution >= 4 is 6.29 Å².